The summed E-state index contributed by atoms with van der Waals surface area (Å²) in [6.07, 6.45) is -2.23. The summed E-state index contributed by atoms with van der Waals surface area (Å²) in [6.45, 7) is 4.24. The van der Waals surface area contributed by atoms with Crippen molar-refractivity contribution in [2.45, 2.75) is 68.9 Å². The summed E-state index contributed by atoms with van der Waals surface area (Å²) in [5, 5.41) is 12.6. The number of nitrogens with one attached hydrogen (secondary N) is 1. The van der Waals surface area contributed by atoms with Crippen LogP contribution in [-0.4, -0.2) is 72.1 Å². The molecule has 0 radical (unpaired) electrons. The number of halogens is 3. The zero-order valence-electron chi connectivity index (χ0n) is 21.8. The summed E-state index contributed by atoms with van der Waals surface area (Å²) < 4.78 is 67.9. The molecule has 13 heteroatoms. The van der Waals surface area contributed by atoms with Gasteiger partial charge in [-0.1, -0.05) is 13.8 Å². The molecule has 0 aliphatic carbocycles. The minimum absolute atomic E-state index is 0.00949. The molecule has 0 bridgehead atoms. The number of hydrogen-bond acceptors (Lipinski definition) is 8. The van der Waals surface area contributed by atoms with Crippen LogP contribution in [0.1, 0.15) is 72.5 Å². The first-order valence-electron chi connectivity index (χ1n) is 13.0. The number of pyridine rings is 2. The maximum absolute atomic E-state index is 13.0. The number of nitrogens with zero attached hydrogens (tertiary/aromatic N) is 3. The lowest BCUT2D eigenvalue weighted by Crippen LogP contribution is -2.40. The van der Waals surface area contributed by atoms with Crippen LogP contribution in [0.5, 0.6) is 0 Å². The van der Waals surface area contributed by atoms with E-state index in [1.807, 2.05) is 6.92 Å². The number of amides is 1. The Kier molecular flexibility index (Phi) is 8.94. The maximum Gasteiger partial charge on any atom is 0.414 e. The van der Waals surface area contributed by atoms with E-state index in [0.29, 0.717) is 30.8 Å². The van der Waals surface area contributed by atoms with E-state index < -0.39 is 40.7 Å². The molecule has 4 atom stereocenters. The van der Waals surface area contributed by atoms with Crippen LogP contribution in [0, 0.1) is 5.92 Å². The fraction of sp³-hybridized carbons (Fsp3) is 0.577. The Morgan fingerprint density at radius 1 is 1.23 bits per heavy atom. The van der Waals surface area contributed by atoms with Gasteiger partial charge in [0, 0.05) is 25.5 Å². The van der Waals surface area contributed by atoms with Gasteiger partial charge < -0.3 is 15.2 Å². The second-order valence-corrected chi connectivity index (χ2v) is 12.2. The standard InChI is InChI=1S/C26H33F3N4O5S/c1-3-22-24-18(13-33(22)12-16-5-8-23(38-15-16)26(27,28)29)9-17(10-31-24)25(35)32-21(14-34)20-7-6-19(11-30-20)39(36,37)4-2/h6-7,9-11,16,21-23,34H,3-5,8,12-15H2,1-2H3,(H,32,35)/t16-,21+,22+,23+/m1/s1. The lowest BCUT2D eigenvalue weighted by Gasteiger charge is -2.34. The molecule has 0 saturated carbocycles. The van der Waals surface area contributed by atoms with E-state index in [-0.39, 0.29) is 35.6 Å². The highest BCUT2D eigenvalue weighted by atomic mass is 32.2. The van der Waals surface area contributed by atoms with Crippen LogP contribution < -0.4 is 5.32 Å². The number of carbonyl (C=O) groups is 1. The Labute approximate surface area is 225 Å². The summed E-state index contributed by atoms with van der Waals surface area (Å²) in [7, 11) is -3.43. The Hall–Kier alpha value is -2.61. The molecule has 1 saturated heterocycles. The highest BCUT2D eigenvalue weighted by Crippen LogP contribution is 2.37. The first kappa shape index (κ1) is 29.4. The largest absolute Gasteiger partial charge is 0.414 e. The molecular formula is C26H33F3N4O5S. The van der Waals surface area contributed by atoms with Crippen LogP contribution in [0.4, 0.5) is 13.2 Å². The summed E-state index contributed by atoms with van der Waals surface area (Å²) in [5.41, 5.74) is 2.32. The van der Waals surface area contributed by atoms with Gasteiger partial charge in [-0.2, -0.15) is 13.2 Å². The third-order valence-electron chi connectivity index (χ3n) is 7.35. The first-order valence-corrected chi connectivity index (χ1v) is 14.6. The number of carbonyl (C=O) groups excluding carboxylic acids is 1. The van der Waals surface area contributed by atoms with Gasteiger partial charge in [0.05, 0.1) is 52.9 Å². The molecule has 9 nitrogen and oxygen atoms in total. The number of rotatable bonds is 9. The van der Waals surface area contributed by atoms with Crippen LogP contribution in [0.3, 0.4) is 0 Å². The van der Waals surface area contributed by atoms with Crippen molar-refractivity contribution in [1.29, 1.82) is 0 Å². The van der Waals surface area contributed by atoms with Gasteiger partial charge >= 0.3 is 6.18 Å². The summed E-state index contributed by atoms with van der Waals surface area (Å²) in [6, 6.07) is 3.74. The van der Waals surface area contributed by atoms with Crippen molar-refractivity contribution in [3.05, 3.63) is 53.1 Å². The third-order valence-corrected chi connectivity index (χ3v) is 9.07. The first-order chi connectivity index (χ1) is 18.5. The lowest BCUT2D eigenvalue weighted by molar-refractivity contribution is -0.236. The van der Waals surface area contributed by atoms with Gasteiger partial charge in [0.15, 0.2) is 15.9 Å². The highest BCUT2D eigenvalue weighted by molar-refractivity contribution is 7.91. The van der Waals surface area contributed by atoms with Crippen LogP contribution in [0.25, 0.3) is 0 Å². The van der Waals surface area contributed by atoms with Crippen molar-refractivity contribution >= 4 is 15.7 Å². The van der Waals surface area contributed by atoms with Crippen molar-refractivity contribution in [3.8, 4) is 0 Å². The van der Waals surface area contributed by atoms with E-state index in [4.69, 9.17) is 4.74 Å². The number of hydrogen-bond donors (Lipinski definition) is 2. The van der Waals surface area contributed by atoms with Crippen molar-refractivity contribution in [2.24, 2.45) is 5.92 Å². The molecule has 214 valence electrons. The Balaban J connectivity index is 1.41. The number of aliphatic hydroxyl groups excluding tert-OH is 1. The number of aliphatic hydroxyl groups is 1. The third kappa shape index (κ3) is 6.59. The van der Waals surface area contributed by atoms with E-state index in [0.717, 1.165) is 17.7 Å². The van der Waals surface area contributed by atoms with Crippen LogP contribution in [0.2, 0.25) is 0 Å². The van der Waals surface area contributed by atoms with E-state index in [1.54, 1.807) is 6.07 Å². The van der Waals surface area contributed by atoms with Crippen LogP contribution >= 0.6 is 0 Å². The van der Waals surface area contributed by atoms with E-state index in [2.05, 4.69) is 20.2 Å². The normalized spacial score (nSPS) is 22.9. The van der Waals surface area contributed by atoms with Crippen LogP contribution in [0.15, 0.2) is 35.5 Å². The van der Waals surface area contributed by atoms with Gasteiger partial charge in [-0.05, 0) is 48.9 Å². The van der Waals surface area contributed by atoms with Crippen molar-refractivity contribution in [3.63, 3.8) is 0 Å². The van der Waals surface area contributed by atoms with Gasteiger partial charge in [-0.3, -0.25) is 19.7 Å². The van der Waals surface area contributed by atoms with Crippen LogP contribution in [-0.2, 0) is 21.1 Å². The number of aromatic nitrogens is 2. The Bertz CT molecular complexity index is 1270. The zero-order chi connectivity index (χ0) is 28.4. The molecular weight excluding hydrogens is 537 g/mol. The monoisotopic (exact) mass is 570 g/mol. The molecule has 0 aromatic carbocycles. The number of fused-ring (bicyclic) bond motifs is 1. The average molecular weight is 571 g/mol. The fourth-order valence-corrected chi connectivity index (χ4v) is 5.98. The number of ether oxygens (including phenoxy) is 1. The predicted octanol–water partition coefficient (Wildman–Crippen LogP) is 3.36. The molecule has 4 rings (SSSR count). The van der Waals surface area contributed by atoms with E-state index in [9.17, 15) is 31.5 Å². The van der Waals surface area contributed by atoms with Crippen molar-refractivity contribution in [1.82, 2.24) is 20.2 Å². The molecule has 2 aromatic heterocycles. The summed E-state index contributed by atoms with van der Waals surface area (Å²) >= 11 is 0. The number of sulfone groups is 1. The summed E-state index contributed by atoms with van der Waals surface area (Å²) in [4.78, 5) is 23.9. The van der Waals surface area contributed by atoms with Gasteiger partial charge in [0.2, 0.25) is 0 Å². The quantitative estimate of drug-likeness (QED) is 0.471. The average Bonchev–Trinajstić information content (AvgIpc) is 3.27. The molecule has 4 heterocycles. The molecule has 2 aliphatic heterocycles. The van der Waals surface area contributed by atoms with Gasteiger partial charge in [-0.25, -0.2) is 8.42 Å². The van der Waals surface area contributed by atoms with E-state index in [1.165, 1.54) is 31.5 Å². The van der Waals surface area contributed by atoms with Gasteiger partial charge in [0.1, 0.15) is 0 Å². The Morgan fingerprint density at radius 2 is 2.00 bits per heavy atom. The molecule has 2 N–H and O–H groups in total. The fourth-order valence-electron chi connectivity index (χ4n) is 5.16. The maximum atomic E-state index is 13.0. The predicted molar refractivity (Wildman–Crippen MR) is 135 cm³/mol. The lowest BCUT2D eigenvalue weighted by atomic mass is 9.97. The summed E-state index contributed by atoms with van der Waals surface area (Å²) in [5.74, 6) is -0.559. The molecule has 39 heavy (non-hydrogen) atoms. The Morgan fingerprint density at radius 3 is 2.56 bits per heavy atom. The van der Waals surface area contributed by atoms with Crippen molar-refractivity contribution < 1.29 is 36.2 Å². The smallest absolute Gasteiger partial charge is 0.394 e. The highest BCUT2D eigenvalue weighted by Gasteiger charge is 2.43. The minimum Gasteiger partial charge on any atom is -0.394 e. The van der Waals surface area contributed by atoms with E-state index >= 15 is 0 Å². The molecule has 1 amide bonds. The van der Waals surface area contributed by atoms with Crippen molar-refractivity contribution in [2.75, 3.05) is 25.5 Å². The topological polar surface area (TPSA) is 122 Å². The second kappa shape index (κ2) is 11.9. The second-order valence-electron chi connectivity index (χ2n) is 9.96. The minimum atomic E-state index is -4.34. The SMILES string of the molecule is CC[C@H]1c2ncc(C(=O)N[C@@H](CO)c3ccc(S(=O)(=O)CC)cn3)cc2CN1C[C@H]1CC[C@@H](C(F)(F)F)OC1. The molecule has 0 spiro atoms. The molecule has 0 unspecified atom stereocenters. The molecule has 2 aromatic rings. The number of alkyl halides is 3. The molecule has 1 fully saturated rings. The van der Waals surface area contributed by atoms with Gasteiger partial charge in [-0.15, -0.1) is 0 Å². The molecule has 2 aliphatic rings. The zero-order valence-corrected chi connectivity index (χ0v) is 22.6. The van der Waals surface area contributed by atoms with Gasteiger partial charge in [0.25, 0.3) is 5.91 Å².